The van der Waals surface area contributed by atoms with Crippen LogP contribution in [0.4, 0.5) is 0 Å². The summed E-state index contributed by atoms with van der Waals surface area (Å²) in [6.45, 7) is 13.0. The van der Waals surface area contributed by atoms with Gasteiger partial charge in [-0.25, -0.2) is 0 Å². The first kappa shape index (κ1) is 19.2. The molecule has 0 aromatic rings. The van der Waals surface area contributed by atoms with E-state index >= 15 is 0 Å². The first-order chi connectivity index (χ1) is 10.8. The molecule has 0 spiro atoms. The number of hydrogen-bond donors (Lipinski definition) is 1. The lowest BCUT2D eigenvalue weighted by atomic mass is 9.89. The highest BCUT2D eigenvalue weighted by Gasteiger charge is 2.37. The lowest BCUT2D eigenvalue weighted by Crippen LogP contribution is -2.57. The normalized spacial score (nSPS) is 37.0. The largest absolute Gasteiger partial charge is 0.376 e. The van der Waals surface area contributed by atoms with Crippen molar-refractivity contribution in [2.45, 2.75) is 109 Å². The molecule has 1 heterocycles. The summed E-state index contributed by atoms with van der Waals surface area (Å²) in [5.41, 5.74) is 6.16. The molecule has 136 valence electrons. The van der Waals surface area contributed by atoms with E-state index in [-0.39, 0.29) is 5.54 Å². The van der Waals surface area contributed by atoms with Gasteiger partial charge in [-0.2, -0.15) is 0 Å². The van der Waals surface area contributed by atoms with Gasteiger partial charge in [-0.1, -0.05) is 0 Å². The van der Waals surface area contributed by atoms with Crippen LogP contribution >= 0.6 is 0 Å². The van der Waals surface area contributed by atoms with Gasteiger partial charge in [0.25, 0.3) is 0 Å². The number of nitrogens with zero attached hydrogens (tertiary/aromatic N) is 1. The van der Waals surface area contributed by atoms with Gasteiger partial charge in [-0.05, 0) is 73.1 Å². The van der Waals surface area contributed by atoms with E-state index in [2.05, 4.69) is 39.5 Å². The summed E-state index contributed by atoms with van der Waals surface area (Å²) in [7, 11) is 0. The van der Waals surface area contributed by atoms with E-state index in [9.17, 15) is 0 Å². The molecule has 0 amide bonds. The molecule has 0 bridgehead atoms. The fraction of sp³-hybridized carbons (Fsp3) is 1.00. The summed E-state index contributed by atoms with van der Waals surface area (Å²) in [4.78, 5) is 2.63. The predicted octanol–water partition coefficient (Wildman–Crippen LogP) is 3.33. The maximum Gasteiger partial charge on any atom is 0.0704 e. The average molecular weight is 327 g/mol. The van der Waals surface area contributed by atoms with Crippen molar-refractivity contribution in [1.82, 2.24) is 4.90 Å². The van der Waals surface area contributed by atoms with Gasteiger partial charge in [0.05, 0.1) is 25.4 Å². The van der Waals surface area contributed by atoms with Gasteiger partial charge in [-0.3, -0.25) is 4.90 Å². The summed E-state index contributed by atoms with van der Waals surface area (Å²) in [6, 6.07) is 1.54. The zero-order valence-corrected chi connectivity index (χ0v) is 15.9. The third-order valence-corrected chi connectivity index (χ3v) is 5.44. The van der Waals surface area contributed by atoms with Gasteiger partial charge >= 0.3 is 0 Å². The highest BCUT2D eigenvalue weighted by molar-refractivity contribution is 4.92. The van der Waals surface area contributed by atoms with E-state index in [1.54, 1.807) is 0 Å². The molecule has 0 aromatic carbocycles. The van der Waals surface area contributed by atoms with Crippen molar-refractivity contribution in [1.29, 1.82) is 0 Å². The first-order valence-corrected chi connectivity index (χ1v) is 9.54. The molecule has 1 saturated carbocycles. The van der Waals surface area contributed by atoms with Crippen LogP contribution < -0.4 is 5.73 Å². The fourth-order valence-electron chi connectivity index (χ4n) is 4.66. The first-order valence-electron chi connectivity index (χ1n) is 9.54. The fourth-order valence-corrected chi connectivity index (χ4v) is 4.66. The molecule has 2 aliphatic rings. The Morgan fingerprint density at radius 2 is 1.35 bits per heavy atom. The van der Waals surface area contributed by atoms with E-state index in [0.717, 1.165) is 51.7 Å². The van der Waals surface area contributed by atoms with Crippen molar-refractivity contribution in [3.8, 4) is 0 Å². The van der Waals surface area contributed by atoms with Gasteiger partial charge in [0.2, 0.25) is 0 Å². The van der Waals surface area contributed by atoms with Crippen molar-refractivity contribution < 1.29 is 9.47 Å². The molecule has 0 aromatic heterocycles. The molecule has 4 heteroatoms. The van der Waals surface area contributed by atoms with Crippen LogP contribution in [0.25, 0.3) is 0 Å². The van der Waals surface area contributed by atoms with Crippen LogP contribution in [0.2, 0.25) is 0 Å². The smallest absolute Gasteiger partial charge is 0.0704 e. The molecule has 2 rings (SSSR count). The zero-order valence-electron chi connectivity index (χ0n) is 15.9. The number of hydrogen-bond acceptors (Lipinski definition) is 4. The lowest BCUT2D eigenvalue weighted by molar-refractivity contribution is -0.0838. The molecule has 1 saturated heterocycles. The highest BCUT2D eigenvalue weighted by Crippen LogP contribution is 2.31. The molecule has 1 aliphatic heterocycles. The summed E-state index contributed by atoms with van der Waals surface area (Å²) in [5, 5.41) is 0. The Morgan fingerprint density at radius 1 is 0.870 bits per heavy atom. The highest BCUT2D eigenvalue weighted by atomic mass is 16.5. The van der Waals surface area contributed by atoms with Crippen LogP contribution in [0.3, 0.4) is 0 Å². The predicted molar refractivity (Wildman–Crippen MR) is 95.7 cm³/mol. The Morgan fingerprint density at radius 3 is 1.83 bits per heavy atom. The quantitative estimate of drug-likeness (QED) is 0.787. The Balaban J connectivity index is 1.65. The molecule has 2 fully saturated rings. The van der Waals surface area contributed by atoms with Crippen LogP contribution in [-0.2, 0) is 9.47 Å². The maximum absolute atomic E-state index is 6.12. The van der Waals surface area contributed by atoms with Crippen LogP contribution in [0, 0.1) is 0 Å². The van der Waals surface area contributed by atoms with Crippen molar-refractivity contribution in [3.05, 3.63) is 0 Å². The molecule has 23 heavy (non-hydrogen) atoms. The molecule has 3 atom stereocenters. The summed E-state index contributed by atoms with van der Waals surface area (Å²) < 4.78 is 12.1. The molecule has 1 aliphatic carbocycles. The Bertz CT molecular complexity index is 336. The molecule has 2 N–H and O–H groups in total. The topological polar surface area (TPSA) is 47.7 Å². The monoisotopic (exact) mass is 326 g/mol. The average Bonchev–Trinajstić information content (AvgIpc) is 2.43. The Hall–Kier alpha value is -0.160. The second kappa shape index (κ2) is 8.28. The van der Waals surface area contributed by atoms with Crippen molar-refractivity contribution in [2.75, 3.05) is 13.2 Å². The molecular weight excluding hydrogens is 288 g/mol. The minimum Gasteiger partial charge on any atom is -0.376 e. The van der Waals surface area contributed by atoms with Gasteiger partial charge in [0.1, 0.15) is 0 Å². The zero-order chi connectivity index (χ0) is 17.0. The van der Waals surface area contributed by atoms with Crippen LogP contribution in [0.5, 0.6) is 0 Å². The van der Waals surface area contributed by atoms with Crippen LogP contribution in [0.1, 0.15) is 73.1 Å². The number of piperidine rings is 1. The summed E-state index contributed by atoms with van der Waals surface area (Å²) in [5.74, 6) is 0. The van der Waals surface area contributed by atoms with E-state index in [1.165, 1.54) is 0 Å². The molecule has 1 unspecified atom stereocenters. The van der Waals surface area contributed by atoms with Crippen molar-refractivity contribution in [3.63, 3.8) is 0 Å². The second-order valence-electron chi connectivity index (χ2n) is 8.65. The Labute approximate surface area is 143 Å². The molecule has 4 nitrogen and oxygen atoms in total. The van der Waals surface area contributed by atoms with E-state index < -0.39 is 0 Å². The van der Waals surface area contributed by atoms with E-state index in [4.69, 9.17) is 15.2 Å². The van der Waals surface area contributed by atoms with Gasteiger partial charge in [0, 0.05) is 23.7 Å². The van der Waals surface area contributed by atoms with Gasteiger partial charge in [0.15, 0.2) is 0 Å². The number of rotatable bonds is 5. The second-order valence-corrected chi connectivity index (χ2v) is 8.65. The van der Waals surface area contributed by atoms with Gasteiger partial charge < -0.3 is 15.2 Å². The lowest BCUT2D eigenvalue weighted by Gasteiger charge is -2.49. The minimum absolute atomic E-state index is 0.231. The van der Waals surface area contributed by atoms with Gasteiger partial charge in [-0.15, -0.1) is 0 Å². The third-order valence-electron chi connectivity index (χ3n) is 5.44. The van der Waals surface area contributed by atoms with Crippen LogP contribution in [-0.4, -0.2) is 54.0 Å². The Kier molecular flexibility index (Phi) is 6.90. The van der Waals surface area contributed by atoms with E-state index in [1.807, 2.05) is 0 Å². The SMILES string of the molecule is C[C@@H]1CC(OCCOC2CCC(N)CC2)C[C@H](C)N1C(C)(C)C. The number of likely N-dealkylation sites (tertiary alicyclic amines) is 1. The van der Waals surface area contributed by atoms with E-state index in [0.29, 0.717) is 30.3 Å². The maximum atomic E-state index is 6.12. The van der Waals surface area contributed by atoms with Crippen molar-refractivity contribution in [2.24, 2.45) is 5.73 Å². The number of ether oxygens (including phenoxy) is 2. The summed E-state index contributed by atoms with van der Waals surface area (Å²) in [6.07, 6.45) is 7.46. The summed E-state index contributed by atoms with van der Waals surface area (Å²) >= 11 is 0. The third kappa shape index (κ3) is 5.70. The molecular formula is C19H38N2O2. The van der Waals surface area contributed by atoms with Crippen LogP contribution in [0.15, 0.2) is 0 Å². The standard InChI is InChI=1S/C19H38N2O2/c1-14-12-18(13-15(2)21(14)19(3,4)5)23-11-10-22-17-8-6-16(20)7-9-17/h14-18H,6-13,20H2,1-5H3/t14-,15+,16?,17?,18?. The number of nitrogens with two attached hydrogens (primary N) is 1. The van der Waals surface area contributed by atoms with Crippen molar-refractivity contribution >= 4 is 0 Å². The minimum atomic E-state index is 0.231. The molecule has 0 radical (unpaired) electrons.